The highest BCUT2D eigenvalue weighted by Crippen LogP contribution is 2.35. The number of nitrogens with zero attached hydrogens (tertiary/aromatic N) is 6. The van der Waals surface area contributed by atoms with E-state index in [9.17, 15) is 4.79 Å². The van der Waals surface area contributed by atoms with E-state index < -0.39 is 0 Å². The van der Waals surface area contributed by atoms with Crippen molar-refractivity contribution in [3.63, 3.8) is 0 Å². The number of fused-ring (bicyclic) bond motifs is 1. The van der Waals surface area contributed by atoms with Crippen molar-refractivity contribution in [3.05, 3.63) is 48.3 Å². The number of thiazole rings is 1. The van der Waals surface area contributed by atoms with E-state index in [2.05, 4.69) is 25.1 Å². The molecule has 0 unspecified atom stereocenters. The number of hydrogen-bond donors (Lipinski definition) is 2. The fourth-order valence-electron chi connectivity index (χ4n) is 4.64. The lowest BCUT2D eigenvalue weighted by atomic mass is 10.1. The Morgan fingerprint density at radius 2 is 1.81 bits per heavy atom. The molecule has 2 aliphatic heterocycles. The van der Waals surface area contributed by atoms with E-state index in [1.807, 2.05) is 24.3 Å². The number of ether oxygens (including phenoxy) is 1. The van der Waals surface area contributed by atoms with Crippen molar-refractivity contribution in [1.82, 2.24) is 19.9 Å². The lowest BCUT2D eigenvalue weighted by molar-refractivity contribution is 0.102. The smallest absolute Gasteiger partial charge is 0.274 e. The molecule has 0 saturated carbocycles. The van der Waals surface area contributed by atoms with Crippen molar-refractivity contribution in [3.8, 4) is 11.3 Å². The minimum absolute atomic E-state index is 0.289. The lowest BCUT2D eigenvalue weighted by Gasteiger charge is -2.29. The number of rotatable bonds is 5. The second kappa shape index (κ2) is 10.3. The van der Waals surface area contributed by atoms with E-state index in [0.717, 1.165) is 60.2 Å². The predicted octanol–water partition coefficient (Wildman–Crippen LogP) is 3.81. The van der Waals surface area contributed by atoms with Gasteiger partial charge in [-0.25, -0.2) is 15.0 Å². The second-order valence-electron chi connectivity index (χ2n) is 9.16. The molecule has 1 amide bonds. The van der Waals surface area contributed by atoms with Crippen LogP contribution in [0, 0.1) is 0 Å². The first kappa shape index (κ1) is 23.6. The van der Waals surface area contributed by atoms with Crippen LogP contribution in [0.15, 0.2) is 42.6 Å². The van der Waals surface area contributed by atoms with Crippen molar-refractivity contribution in [2.24, 2.45) is 0 Å². The summed E-state index contributed by atoms with van der Waals surface area (Å²) in [5.41, 5.74) is 8.86. The van der Waals surface area contributed by atoms with Gasteiger partial charge in [-0.15, -0.1) is 0 Å². The van der Waals surface area contributed by atoms with E-state index in [-0.39, 0.29) is 5.91 Å². The molecule has 6 heterocycles. The summed E-state index contributed by atoms with van der Waals surface area (Å²) in [6.07, 6.45) is 5.06. The monoisotopic (exact) mass is 516 g/mol. The van der Waals surface area contributed by atoms with Gasteiger partial charge in [-0.1, -0.05) is 17.4 Å². The quantitative estimate of drug-likeness (QED) is 0.408. The fourth-order valence-corrected chi connectivity index (χ4v) is 5.64. The average molecular weight is 517 g/mol. The number of aromatic nitrogens is 4. The van der Waals surface area contributed by atoms with Crippen LogP contribution in [0.3, 0.4) is 0 Å². The van der Waals surface area contributed by atoms with Crippen molar-refractivity contribution in [2.45, 2.75) is 19.3 Å². The number of carbonyl (C=O) groups excluding carboxylic acids is 1. The summed E-state index contributed by atoms with van der Waals surface area (Å²) in [5.74, 6) is 0.909. The number of anilines is 4. The fraction of sp³-hybridized carbons (Fsp3) is 0.346. The molecule has 2 fully saturated rings. The van der Waals surface area contributed by atoms with E-state index in [0.29, 0.717) is 41.8 Å². The zero-order valence-corrected chi connectivity index (χ0v) is 21.2. The highest BCUT2D eigenvalue weighted by molar-refractivity contribution is 7.22. The number of amides is 1. The van der Waals surface area contributed by atoms with Gasteiger partial charge in [0.25, 0.3) is 5.91 Å². The molecule has 4 aromatic heterocycles. The average Bonchev–Trinajstić information content (AvgIpc) is 3.37. The summed E-state index contributed by atoms with van der Waals surface area (Å²) in [6, 6.07) is 10.9. The highest BCUT2D eigenvalue weighted by Gasteiger charge is 2.23. The van der Waals surface area contributed by atoms with Crippen LogP contribution in [0.1, 0.15) is 29.8 Å². The van der Waals surface area contributed by atoms with E-state index >= 15 is 0 Å². The van der Waals surface area contributed by atoms with Crippen LogP contribution in [0.25, 0.3) is 21.6 Å². The number of carbonyl (C=O) groups is 1. The van der Waals surface area contributed by atoms with Crippen molar-refractivity contribution in [2.75, 3.05) is 60.2 Å². The van der Waals surface area contributed by atoms with Crippen LogP contribution in [0.2, 0.25) is 0 Å². The Kier molecular flexibility index (Phi) is 6.54. The van der Waals surface area contributed by atoms with Crippen LogP contribution in [-0.4, -0.2) is 65.2 Å². The topological polar surface area (TPSA) is 122 Å². The summed E-state index contributed by atoms with van der Waals surface area (Å²) < 4.78 is 6.43. The molecule has 2 saturated heterocycles. The van der Waals surface area contributed by atoms with Crippen LogP contribution in [0.4, 0.5) is 22.5 Å². The number of pyridine rings is 3. The van der Waals surface area contributed by atoms with Crippen molar-refractivity contribution < 1.29 is 9.53 Å². The molecule has 190 valence electrons. The highest BCUT2D eigenvalue weighted by atomic mass is 32.1. The first-order valence-corrected chi connectivity index (χ1v) is 13.4. The maximum absolute atomic E-state index is 13.4. The van der Waals surface area contributed by atoms with Gasteiger partial charge in [0, 0.05) is 37.9 Å². The Bertz CT molecular complexity index is 1410. The zero-order chi connectivity index (χ0) is 25.2. The standard InChI is InChI=1S/C26H28N8O2S/c27-22-8-7-17(16-28-22)18-5-4-6-19(29-18)25(35)30-20-15-21-23(31-24(20)33-9-2-1-3-10-33)32-26(37-21)34-11-13-36-14-12-34/h4-8,15-16H,1-3,9-14H2,(H2,27,28)(H,30,35). The van der Waals surface area contributed by atoms with Gasteiger partial charge in [0.05, 0.1) is 29.3 Å². The minimum atomic E-state index is -0.289. The minimum Gasteiger partial charge on any atom is -0.384 e. The molecule has 2 aliphatic rings. The predicted molar refractivity (Wildman–Crippen MR) is 146 cm³/mol. The molecule has 0 radical (unpaired) electrons. The molecule has 0 atom stereocenters. The third-order valence-electron chi connectivity index (χ3n) is 6.60. The van der Waals surface area contributed by atoms with Gasteiger partial charge < -0.3 is 25.6 Å². The SMILES string of the molecule is Nc1ccc(-c2cccc(C(=O)Nc3cc4sc(N5CCOCC5)nc4nc3N3CCCCC3)n2)cn1. The number of morpholine rings is 1. The molecule has 0 spiro atoms. The summed E-state index contributed by atoms with van der Waals surface area (Å²) in [5, 5.41) is 4.03. The number of hydrogen-bond acceptors (Lipinski definition) is 10. The van der Waals surface area contributed by atoms with Crippen molar-refractivity contribution in [1.29, 1.82) is 0 Å². The van der Waals surface area contributed by atoms with E-state index in [1.54, 1.807) is 29.7 Å². The van der Waals surface area contributed by atoms with Gasteiger partial charge in [0.1, 0.15) is 11.5 Å². The maximum atomic E-state index is 13.4. The van der Waals surface area contributed by atoms with Crippen molar-refractivity contribution >= 4 is 50.0 Å². The lowest BCUT2D eigenvalue weighted by Crippen LogP contribution is -2.36. The van der Waals surface area contributed by atoms with Crippen LogP contribution >= 0.6 is 11.3 Å². The van der Waals surface area contributed by atoms with Gasteiger partial charge in [-0.05, 0) is 49.6 Å². The first-order valence-electron chi connectivity index (χ1n) is 12.5. The molecular weight excluding hydrogens is 488 g/mol. The van der Waals surface area contributed by atoms with Crippen LogP contribution < -0.4 is 20.9 Å². The van der Waals surface area contributed by atoms with Gasteiger partial charge in [0.2, 0.25) is 0 Å². The summed E-state index contributed by atoms with van der Waals surface area (Å²) in [4.78, 5) is 36.4. The Morgan fingerprint density at radius 3 is 2.59 bits per heavy atom. The molecule has 10 nitrogen and oxygen atoms in total. The maximum Gasteiger partial charge on any atom is 0.274 e. The third-order valence-corrected chi connectivity index (χ3v) is 7.65. The molecule has 0 aromatic carbocycles. The molecule has 3 N–H and O–H groups in total. The third kappa shape index (κ3) is 5.05. The largest absolute Gasteiger partial charge is 0.384 e. The molecule has 6 rings (SSSR count). The van der Waals surface area contributed by atoms with E-state index in [1.165, 1.54) is 6.42 Å². The Balaban J connectivity index is 1.32. The van der Waals surface area contributed by atoms with Gasteiger partial charge >= 0.3 is 0 Å². The molecule has 0 aliphatic carbocycles. The molecule has 11 heteroatoms. The Morgan fingerprint density at radius 1 is 0.973 bits per heavy atom. The number of nitrogens with one attached hydrogen (secondary N) is 1. The normalized spacial score (nSPS) is 16.2. The molecule has 0 bridgehead atoms. The molecule has 4 aromatic rings. The summed E-state index contributed by atoms with van der Waals surface area (Å²) in [6.45, 7) is 4.83. The van der Waals surface area contributed by atoms with Gasteiger partial charge in [-0.3, -0.25) is 4.79 Å². The molecular formula is C26H28N8O2S. The zero-order valence-electron chi connectivity index (χ0n) is 20.4. The summed E-state index contributed by atoms with van der Waals surface area (Å²) in [7, 11) is 0. The number of nitrogen functional groups attached to an aromatic ring is 1. The first-order chi connectivity index (χ1) is 18.1. The number of piperidine rings is 1. The second-order valence-corrected chi connectivity index (χ2v) is 10.2. The van der Waals surface area contributed by atoms with Crippen LogP contribution in [0.5, 0.6) is 0 Å². The van der Waals surface area contributed by atoms with Crippen LogP contribution in [-0.2, 0) is 4.74 Å². The summed E-state index contributed by atoms with van der Waals surface area (Å²) >= 11 is 1.59. The molecule has 37 heavy (non-hydrogen) atoms. The Labute approximate surface area is 218 Å². The number of nitrogens with two attached hydrogens (primary N) is 1. The van der Waals surface area contributed by atoms with Gasteiger partial charge in [0.15, 0.2) is 16.6 Å². The van der Waals surface area contributed by atoms with E-state index in [4.69, 9.17) is 20.4 Å². The Hall–Kier alpha value is -3.83. The van der Waals surface area contributed by atoms with Gasteiger partial charge in [-0.2, -0.15) is 4.98 Å².